The number of ketones is 1. The third-order valence-electron chi connectivity index (χ3n) is 8.65. The van der Waals surface area contributed by atoms with E-state index in [9.17, 15) is 34.1 Å². The lowest BCUT2D eigenvalue weighted by Gasteiger charge is -2.36. The number of alkyl halides is 4. The molecule has 0 N–H and O–H groups in total. The van der Waals surface area contributed by atoms with Crippen molar-refractivity contribution in [2.45, 2.75) is 21.0 Å². The van der Waals surface area contributed by atoms with Crippen LogP contribution in [0.25, 0.3) is 0 Å². The monoisotopic (exact) mass is 783 g/mol. The van der Waals surface area contributed by atoms with Gasteiger partial charge in [0.25, 0.3) is 23.4 Å². The number of imide groups is 1. The predicted octanol–water partition coefficient (Wildman–Crippen LogP) is 6.81. The minimum Gasteiger partial charge on any atom is -0.423 e. The third-order valence-corrected chi connectivity index (χ3v) is 12.9. The fraction of sp³-hybridized carbons (Fsp3) is 0.219. The maximum atomic E-state index is 14.1. The maximum absolute atomic E-state index is 14.1. The number of esters is 1. The summed E-state index contributed by atoms with van der Waals surface area (Å²) < 4.78 is 3.14. The molecule has 0 unspecified atom stereocenters. The summed E-state index contributed by atoms with van der Waals surface area (Å²) in [6, 6.07) is 16.3. The number of carbonyl (C=O) groups is 5. The molecule has 0 radical (unpaired) electrons. The number of non-ortho nitro benzene ring substituents is 1. The summed E-state index contributed by atoms with van der Waals surface area (Å²) in [7, 11) is 0. The van der Waals surface area contributed by atoms with Crippen LogP contribution in [-0.2, 0) is 9.59 Å². The molecule has 4 atom stereocenters. The number of hydrogen-bond acceptors (Lipinski definition) is 8. The van der Waals surface area contributed by atoms with Gasteiger partial charge in [-0.25, -0.2) is 9.80 Å². The number of aryl methyl sites for hydroxylation is 1. The van der Waals surface area contributed by atoms with Crippen molar-refractivity contribution in [2.75, 3.05) is 6.54 Å². The van der Waals surface area contributed by atoms with E-state index in [1.165, 1.54) is 24.3 Å². The van der Waals surface area contributed by atoms with E-state index in [4.69, 9.17) is 74.3 Å². The van der Waals surface area contributed by atoms with Crippen LogP contribution in [0.4, 0.5) is 5.69 Å². The lowest BCUT2D eigenvalue weighted by atomic mass is 9.84. The Hall–Kier alpha value is -3.71. The number of fused-ring (bicyclic) bond motifs is 5. The van der Waals surface area contributed by atoms with Gasteiger partial charge in [-0.05, 0) is 55.5 Å². The van der Waals surface area contributed by atoms with Crippen LogP contribution in [0.15, 0.2) is 82.9 Å². The van der Waals surface area contributed by atoms with Crippen LogP contribution >= 0.6 is 69.6 Å². The second kappa shape index (κ2) is 12.3. The number of ether oxygens (including phenoxy) is 1. The van der Waals surface area contributed by atoms with Crippen molar-refractivity contribution in [2.24, 2.45) is 11.8 Å². The molecule has 0 spiro atoms. The molecular weight excluding hydrogens is 767 g/mol. The second-order valence-corrected chi connectivity index (χ2v) is 14.7. The highest BCUT2D eigenvalue weighted by Gasteiger charge is 2.88. The molecule has 252 valence electrons. The van der Waals surface area contributed by atoms with E-state index >= 15 is 0 Å². The van der Waals surface area contributed by atoms with E-state index in [0.29, 0.717) is 15.6 Å². The summed E-state index contributed by atoms with van der Waals surface area (Å²) in [5, 5.41) is 11.5. The van der Waals surface area contributed by atoms with Gasteiger partial charge in [-0.1, -0.05) is 64.1 Å². The van der Waals surface area contributed by atoms with E-state index in [2.05, 4.69) is 0 Å². The minimum atomic E-state index is -2.24. The average molecular weight is 786 g/mol. The molecule has 2 bridgehead atoms. The molecule has 1 saturated heterocycles. The molecule has 2 aliphatic carbocycles. The molecule has 11 nitrogen and oxygen atoms in total. The first-order valence-corrected chi connectivity index (χ1v) is 16.4. The number of hydrogen-bond donors (Lipinski definition) is 0. The van der Waals surface area contributed by atoms with Crippen molar-refractivity contribution in [3.8, 4) is 5.75 Å². The first kappa shape index (κ1) is 35.1. The van der Waals surface area contributed by atoms with Crippen LogP contribution in [0.2, 0.25) is 0 Å². The zero-order chi connectivity index (χ0) is 35.8. The summed E-state index contributed by atoms with van der Waals surface area (Å²) in [5.41, 5.74) is 0.711. The molecule has 49 heavy (non-hydrogen) atoms. The van der Waals surface area contributed by atoms with Gasteiger partial charge in [-0.3, -0.25) is 29.3 Å². The predicted molar refractivity (Wildman–Crippen MR) is 180 cm³/mol. The van der Waals surface area contributed by atoms with Gasteiger partial charge < -0.3 is 4.74 Å². The highest BCUT2D eigenvalue weighted by Crippen LogP contribution is 2.77. The van der Waals surface area contributed by atoms with Gasteiger partial charge in [-0.15, -0.1) is 23.2 Å². The summed E-state index contributed by atoms with van der Waals surface area (Å²) in [5.74, 6) is -7.73. The van der Waals surface area contributed by atoms with E-state index in [1.54, 1.807) is 24.3 Å². The molecule has 1 saturated carbocycles. The van der Waals surface area contributed by atoms with Gasteiger partial charge in [0, 0.05) is 23.3 Å². The van der Waals surface area contributed by atoms with Crippen LogP contribution in [0.5, 0.6) is 5.75 Å². The maximum Gasteiger partial charge on any atom is 0.343 e. The van der Waals surface area contributed by atoms with Crippen LogP contribution in [0.1, 0.15) is 36.6 Å². The zero-order valence-electron chi connectivity index (χ0n) is 24.7. The van der Waals surface area contributed by atoms with Crippen LogP contribution in [0.3, 0.4) is 0 Å². The van der Waals surface area contributed by atoms with Gasteiger partial charge in [-0.2, -0.15) is 5.01 Å². The van der Waals surface area contributed by atoms with E-state index in [-0.39, 0.29) is 32.6 Å². The van der Waals surface area contributed by atoms with Crippen LogP contribution in [-0.4, -0.2) is 65.0 Å². The molecule has 3 aromatic carbocycles. The molecule has 17 heteroatoms. The number of nitro groups is 1. The van der Waals surface area contributed by atoms with Gasteiger partial charge in [0.15, 0.2) is 10.1 Å². The standard InChI is InChI=1S/C32H19Cl6N3O8/c1-15-2-4-18(5-3-15)29(46)49-20-12-8-16(9-13-20)21(42)14-39(26(43)17-6-10-19(11-7-17)41(47)48)40-27(44)22-23(28(40)45)31(36)25(34)24(33)30(22,35)32(31,37)38/h2-13,22-23H,14H2,1H3/t22-,23-,30+,31+/m0/s1. The Kier molecular flexibility index (Phi) is 8.79. The lowest BCUT2D eigenvalue weighted by Crippen LogP contribution is -2.56. The minimum absolute atomic E-state index is 0.00640. The van der Waals surface area contributed by atoms with Crippen LogP contribution < -0.4 is 4.74 Å². The van der Waals surface area contributed by atoms with Crippen molar-refractivity contribution in [3.05, 3.63) is 115 Å². The van der Waals surface area contributed by atoms with E-state index in [1.807, 2.05) is 6.92 Å². The molecule has 6 rings (SSSR count). The fourth-order valence-electron chi connectivity index (χ4n) is 6.12. The van der Waals surface area contributed by atoms with Gasteiger partial charge in [0.1, 0.15) is 22.0 Å². The highest BCUT2D eigenvalue weighted by molar-refractivity contribution is 6.66. The Morgan fingerprint density at radius 3 is 1.76 bits per heavy atom. The van der Waals surface area contributed by atoms with Gasteiger partial charge in [0.05, 0.1) is 32.4 Å². The van der Waals surface area contributed by atoms with Crippen molar-refractivity contribution < 1.29 is 33.6 Å². The normalized spacial score (nSPS) is 25.0. The SMILES string of the molecule is Cc1ccc(C(=O)Oc2ccc(C(=O)CN(C(=O)c3ccc([N+](=O)[O-])cc3)N3C(=O)[C@@H]4[C@@H](C3=O)[C@@]3(Cl)C(Cl)=C(Cl)[C@@]4(Cl)C3(Cl)Cl)cc2)cc1. The summed E-state index contributed by atoms with van der Waals surface area (Å²) in [6.45, 7) is 0.979. The number of nitro benzene ring substituents is 1. The van der Waals surface area contributed by atoms with Crippen molar-refractivity contribution in [1.82, 2.24) is 10.0 Å². The average Bonchev–Trinajstić information content (AvgIpc) is 3.46. The first-order valence-electron chi connectivity index (χ1n) is 14.1. The Bertz CT molecular complexity index is 1960. The van der Waals surface area contributed by atoms with Crippen LogP contribution in [0, 0.1) is 28.9 Å². The molecule has 3 aromatic rings. The zero-order valence-corrected chi connectivity index (χ0v) is 29.2. The number of nitrogens with zero attached hydrogens (tertiary/aromatic N) is 3. The number of rotatable bonds is 8. The van der Waals surface area contributed by atoms with E-state index < -0.39 is 66.9 Å². The number of carbonyl (C=O) groups excluding carboxylic acids is 5. The number of hydrazine groups is 1. The molecular formula is C32H19Cl6N3O8. The summed E-state index contributed by atoms with van der Waals surface area (Å²) in [6.07, 6.45) is 0. The molecule has 2 fully saturated rings. The largest absolute Gasteiger partial charge is 0.423 e. The Labute approximate surface area is 307 Å². The van der Waals surface area contributed by atoms with Crippen molar-refractivity contribution in [1.29, 1.82) is 0 Å². The smallest absolute Gasteiger partial charge is 0.343 e. The Morgan fingerprint density at radius 1 is 0.796 bits per heavy atom. The third kappa shape index (κ3) is 5.13. The molecule has 1 aliphatic heterocycles. The molecule has 1 heterocycles. The number of amides is 3. The van der Waals surface area contributed by atoms with Gasteiger partial charge >= 0.3 is 5.97 Å². The molecule has 0 aromatic heterocycles. The topological polar surface area (TPSA) is 144 Å². The molecule has 3 aliphatic rings. The highest BCUT2D eigenvalue weighted by atomic mass is 35.5. The second-order valence-electron chi connectivity index (χ2n) is 11.4. The first-order chi connectivity index (χ1) is 23.0. The number of allylic oxidation sites excluding steroid dienone is 2. The fourth-order valence-corrected chi connectivity index (χ4v) is 9.05. The summed E-state index contributed by atoms with van der Waals surface area (Å²) in [4.78, 5) is 74.4. The van der Waals surface area contributed by atoms with Crippen molar-refractivity contribution in [3.63, 3.8) is 0 Å². The number of halogens is 6. The number of benzene rings is 3. The van der Waals surface area contributed by atoms with E-state index in [0.717, 1.165) is 29.8 Å². The lowest BCUT2D eigenvalue weighted by molar-refractivity contribution is -0.384. The quantitative estimate of drug-likeness (QED) is 0.0461. The summed E-state index contributed by atoms with van der Waals surface area (Å²) >= 11 is 39.5. The molecule has 3 amide bonds. The Balaban J connectivity index is 1.32. The Morgan fingerprint density at radius 2 is 1.27 bits per heavy atom. The van der Waals surface area contributed by atoms with Crippen molar-refractivity contribution >= 4 is 105 Å². The number of Topliss-reactive ketones (excluding diaryl/α,β-unsaturated/α-hetero) is 1. The van der Waals surface area contributed by atoms with Gasteiger partial charge in [0.2, 0.25) is 0 Å².